The van der Waals surface area contributed by atoms with Crippen molar-refractivity contribution in [1.82, 2.24) is 30.0 Å². The van der Waals surface area contributed by atoms with E-state index in [0.717, 1.165) is 42.6 Å². The minimum Gasteiger partial charge on any atom is -0.252 e. The molecule has 0 saturated carbocycles. The minimum absolute atomic E-state index is 0.743. The lowest BCUT2D eigenvalue weighted by Crippen LogP contribution is -2.02. The number of rotatable bonds is 7. The van der Waals surface area contributed by atoms with Gasteiger partial charge in [-0.1, -0.05) is 56.7 Å². The maximum atomic E-state index is 4.21. The lowest BCUT2D eigenvalue weighted by Gasteiger charge is -1.99. The van der Waals surface area contributed by atoms with Gasteiger partial charge in [-0.3, -0.25) is 4.68 Å². The molecule has 0 fully saturated rings. The summed E-state index contributed by atoms with van der Waals surface area (Å²) in [5.41, 5.74) is 3.19. The van der Waals surface area contributed by atoms with Crippen molar-refractivity contribution in [2.75, 3.05) is 5.33 Å². The molecule has 0 radical (unpaired) electrons. The van der Waals surface area contributed by atoms with Gasteiger partial charge in [-0.25, -0.2) is 4.68 Å². The van der Waals surface area contributed by atoms with Gasteiger partial charge >= 0.3 is 0 Å². The van der Waals surface area contributed by atoms with Gasteiger partial charge in [0.1, 0.15) is 0 Å². The van der Waals surface area contributed by atoms with Crippen LogP contribution in [0.15, 0.2) is 42.7 Å². The monoisotopic (exact) mass is 360 g/mol. The molecule has 22 heavy (non-hydrogen) atoms. The first-order chi connectivity index (χ1) is 10.8. The van der Waals surface area contributed by atoms with Crippen LogP contribution in [0.4, 0.5) is 0 Å². The molecule has 2 heterocycles. The lowest BCUT2D eigenvalue weighted by molar-refractivity contribution is 0.583. The third kappa shape index (κ3) is 4.00. The van der Waals surface area contributed by atoms with Crippen molar-refractivity contribution >= 4 is 15.9 Å². The van der Waals surface area contributed by atoms with Crippen LogP contribution in [0.2, 0.25) is 0 Å². The summed E-state index contributed by atoms with van der Waals surface area (Å²) in [5, 5.41) is 17.5. The van der Waals surface area contributed by atoms with E-state index in [1.54, 1.807) is 0 Å². The smallest absolute Gasteiger partial charge is 0.0845 e. The van der Waals surface area contributed by atoms with Crippen LogP contribution in [-0.4, -0.2) is 35.3 Å². The second kappa shape index (κ2) is 7.31. The van der Waals surface area contributed by atoms with E-state index in [9.17, 15) is 0 Å². The van der Waals surface area contributed by atoms with Crippen molar-refractivity contribution < 1.29 is 0 Å². The zero-order valence-corrected chi connectivity index (χ0v) is 13.7. The number of aromatic nitrogens is 6. The molecule has 0 aliphatic rings. The van der Waals surface area contributed by atoms with Crippen molar-refractivity contribution in [1.29, 1.82) is 0 Å². The molecule has 0 bridgehead atoms. The zero-order chi connectivity index (χ0) is 15.2. The van der Waals surface area contributed by atoms with Gasteiger partial charge in [0, 0.05) is 37.1 Å². The predicted octanol–water partition coefficient (Wildman–Crippen LogP) is 2.10. The standard InChI is InChI=1S/C15H17BrN6/c16-8-6-14-11-21(19-17-14)9-7-15-12-22(20-18-15)10-13-4-2-1-3-5-13/h1-5,11-12H,6-10H2. The van der Waals surface area contributed by atoms with Crippen molar-refractivity contribution in [3.05, 3.63) is 59.7 Å². The molecular formula is C15H17BrN6. The van der Waals surface area contributed by atoms with Gasteiger partial charge in [0.25, 0.3) is 0 Å². The van der Waals surface area contributed by atoms with E-state index in [1.807, 2.05) is 40.0 Å². The Kier molecular flexibility index (Phi) is 4.95. The molecule has 0 saturated heterocycles. The van der Waals surface area contributed by atoms with E-state index in [0.29, 0.717) is 0 Å². The third-order valence-electron chi connectivity index (χ3n) is 3.31. The van der Waals surface area contributed by atoms with Gasteiger partial charge < -0.3 is 0 Å². The van der Waals surface area contributed by atoms with E-state index < -0.39 is 0 Å². The minimum atomic E-state index is 0.743. The van der Waals surface area contributed by atoms with Gasteiger partial charge in [0.2, 0.25) is 0 Å². The average Bonchev–Trinajstić information content (AvgIpc) is 3.16. The molecule has 0 aliphatic heterocycles. The van der Waals surface area contributed by atoms with Crippen LogP contribution in [-0.2, 0) is 25.9 Å². The number of nitrogens with zero attached hydrogens (tertiary/aromatic N) is 6. The summed E-state index contributed by atoms with van der Waals surface area (Å²) < 4.78 is 3.72. The highest BCUT2D eigenvalue weighted by Crippen LogP contribution is 2.04. The van der Waals surface area contributed by atoms with Crippen LogP contribution < -0.4 is 0 Å². The highest BCUT2D eigenvalue weighted by molar-refractivity contribution is 9.09. The highest BCUT2D eigenvalue weighted by Gasteiger charge is 2.04. The van der Waals surface area contributed by atoms with Crippen molar-refractivity contribution in [3.63, 3.8) is 0 Å². The first-order valence-corrected chi connectivity index (χ1v) is 8.33. The molecule has 0 atom stereocenters. The lowest BCUT2D eigenvalue weighted by atomic mass is 10.2. The molecule has 3 rings (SSSR count). The molecule has 0 spiro atoms. The summed E-state index contributed by atoms with van der Waals surface area (Å²) in [7, 11) is 0. The van der Waals surface area contributed by atoms with Gasteiger partial charge in [-0.2, -0.15) is 0 Å². The summed E-state index contributed by atoms with van der Waals surface area (Å²) in [6.07, 6.45) is 5.66. The van der Waals surface area contributed by atoms with Crippen LogP contribution in [0.25, 0.3) is 0 Å². The maximum absolute atomic E-state index is 4.21. The van der Waals surface area contributed by atoms with E-state index in [-0.39, 0.29) is 0 Å². The molecule has 0 N–H and O–H groups in total. The van der Waals surface area contributed by atoms with Crippen LogP contribution >= 0.6 is 15.9 Å². The van der Waals surface area contributed by atoms with Gasteiger partial charge in [0.15, 0.2) is 0 Å². The Labute approximate surface area is 137 Å². The second-order valence-corrected chi connectivity index (χ2v) is 5.85. The number of hydrogen-bond acceptors (Lipinski definition) is 4. The molecule has 0 unspecified atom stereocenters. The second-order valence-electron chi connectivity index (χ2n) is 5.05. The Morgan fingerprint density at radius 3 is 2.32 bits per heavy atom. The molecule has 0 aliphatic carbocycles. The molecule has 1 aromatic carbocycles. The van der Waals surface area contributed by atoms with Crippen molar-refractivity contribution in [3.8, 4) is 0 Å². The zero-order valence-electron chi connectivity index (χ0n) is 12.1. The van der Waals surface area contributed by atoms with Crippen molar-refractivity contribution in [2.24, 2.45) is 0 Å². The normalized spacial score (nSPS) is 11.0. The van der Waals surface area contributed by atoms with Crippen molar-refractivity contribution in [2.45, 2.75) is 25.9 Å². The molecule has 6 nitrogen and oxygen atoms in total. The molecule has 7 heteroatoms. The van der Waals surface area contributed by atoms with Crippen LogP contribution in [0, 0.1) is 0 Å². The van der Waals surface area contributed by atoms with Gasteiger partial charge in [0.05, 0.1) is 17.9 Å². The largest absolute Gasteiger partial charge is 0.252 e. The highest BCUT2D eigenvalue weighted by atomic mass is 79.9. The molecule has 0 amide bonds. The maximum Gasteiger partial charge on any atom is 0.0845 e. The summed E-state index contributed by atoms with van der Waals surface area (Å²) in [6, 6.07) is 10.2. The predicted molar refractivity (Wildman–Crippen MR) is 86.8 cm³/mol. The van der Waals surface area contributed by atoms with E-state index in [2.05, 4.69) is 48.7 Å². The summed E-state index contributed by atoms with van der Waals surface area (Å²) >= 11 is 3.40. The number of benzene rings is 1. The Bertz CT molecular complexity index is 706. The Hall–Kier alpha value is -2.02. The molecular weight excluding hydrogens is 344 g/mol. The topological polar surface area (TPSA) is 61.4 Å². The first-order valence-electron chi connectivity index (χ1n) is 7.21. The fourth-order valence-electron chi connectivity index (χ4n) is 2.19. The SMILES string of the molecule is BrCCc1cn(CCc2cn(Cc3ccccc3)nn2)nn1. The number of halogens is 1. The number of alkyl halides is 1. The first kappa shape index (κ1) is 14.9. The molecule has 114 valence electrons. The van der Waals surface area contributed by atoms with Crippen LogP contribution in [0.1, 0.15) is 17.0 Å². The Morgan fingerprint density at radius 2 is 1.55 bits per heavy atom. The fourth-order valence-corrected chi connectivity index (χ4v) is 2.60. The summed E-state index contributed by atoms with van der Waals surface area (Å²) in [6.45, 7) is 1.51. The van der Waals surface area contributed by atoms with E-state index >= 15 is 0 Å². The number of aryl methyl sites for hydroxylation is 3. The molecule has 3 aromatic rings. The summed E-state index contributed by atoms with van der Waals surface area (Å²) in [5.74, 6) is 0. The van der Waals surface area contributed by atoms with Crippen LogP contribution in [0.5, 0.6) is 0 Å². The quantitative estimate of drug-likeness (QED) is 0.605. The fraction of sp³-hybridized carbons (Fsp3) is 0.333. The Balaban J connectivity index is 1.55. The van der Waals surface area contributed by atoms with E-state index in [4.69, 9.17) is 0 Å². The molecule has 2 aromatic heterocycles. The third-order valence-corrected chi connectivity index (χ3v) is 3.70. The van der Waals surface area contributed by atoms with Gasteiger partial charge in [-0.15, -0.1) is 10.2 Å². The number of hydrogen-bond donors (Lipinski definition) is 0. The van der Waals surface area contributed by atoms with E-state index in [1.165, 1.54) is 5.56 Å². The van der Waals surface area contributed by atoms with Gasteiger partial charge in [-0.05, 0) is 5.56 Å². The Morgan fingerprint density at radius 1 is 0.864 bits per heavy atom. The average molecular weight is 361 g/mol. The van der Waals surface area contributed by atoms with Crippen LogP contribution in [0.3, 0.4) is 0 Å². The summed E-state index contributed by atoms with van der Waals surface area (Å²) in [4.78, 5) is 0.